The fourth-order valence-corrected chi connectivity index (χ4v) is 2.74. The fraction of sp³-hybridized carbons (Fsp3) is 0.308. The largest absolute Gasteiger partial charge is 0.508 e. The number of anilines is 1. The summed E-state index contributed by atoms with van der Waals surface area (Å²) in [4.78, 5) is 15.9. The number of carbonyl (C=O) groups excluding carboxylic acids is 1. The van der Waals surface area contributed by atoms with Gasteiger partial charge in [0.05, 0.1) is 12.0 Å². The fourth-order valence-electron chi connectivity index (χ4n) is 2.74. The van der Waals surface area contributed by atoms with Crippen LogP contribution in [0.3, 0.4) is 0 Å². The molecule has 1 aromatic carbocycles. The average molecular weight is 273 g/mol. The lowest BCUT2D eigenvalue weighted by molar-refractivity contribution is -0.123. The second kappa shape index (κ2) is 4.52. The van der Waals surface area contributed by atoms with E-state index < -0.39 is 11.8 Å². The maximum absolute atomic E-state index is 11.8. The number of phenolic OH excluding ortho intramolecular Hbond substituents is 1. The smallest absolute Gasteiger partial charge is 0.225 e. The van der Waals surface area contributed by atoms with E-state index in [1.807, 2.05) is 13.0 Å². The van der Waals surface area contributed by atoms with Crippen molar-refractivity contribution in [3.05, 3.63) is 36.2 Å². The van der Waals surface area contributed by atoms with Crippen molar-refractivity contribution in [2.45, 2.75) is 19.0 Å². The second-order valence-electron chi connectivity index (χ2n) is 4.93. The van der Waals surface area contributed by atoms with Gasteiger partial charge in [-0.25, -0.2) is 4.68 Å². The Balaban J connectivity index is 2.15. The quantitative estimate of drug-likeness (QED) is 0.738. The van der Waals surface area contributed by atoms with Gasteiger partial charge >= 0.3 is 0 Å². The van der Waals surface area contributed by atoms with Gasteiger partial charge in [0.15, 0.2) is 0 Å². The monoisotopic (exact) mass is 273 g/mol. The first kappa shape index (κ1) is 12.5. The number of nitrogens with one attached hydrogen (secondary N) is 1. The van der Waals surface area contributed by atoms with E-state index in [4.69, 9.17) is 5.73 Å². The molecule has 0 fully saturated rings. The van der Waals surface area contributed by atoms with Crippen LogP contribution < -0.4 is 11.1 Å². The summed E-state index contributed by atoms with van der Waals surface area (Å²) in [5.74, 6) is -0.174. The molecule has 2 aromatic rings. The number of hydrogen-bond donors (Lipinski definition) is 3. The molecule has 0 radical (unpaired) electrons. The van der Waals surface area contributed by atoms with Crippen molar-refractivity contribution in [3.8, 4) is 5.75 Å². The van der Waals surface area contributed by atoms with Crippen molar-refractivity contribution in [1.82, 2.24) is 14.8 Å². The average Bonchev–Trinajstić information content (AvgIpc) is 2.84. The van der Waals surface area contributed by atoms with E-state index in [0.29, 0.717) is 5.95 Å². The van der Waals surface area contributed by atoms with E-state index in [1.165, 1.54) is 6.33 Å². The number of aromatic nitrogens is 3. The van der Waals surface area contributed by atoms with E-state index in [2.05, 4.69) is 15.4 Å². The third-order valence-corrected chi connectivity index (χ3v) is 3.61. The van der Waals surface area contributed by atoms with Crippen molar-refractivity contribution in [2.24, 2.45) is 11.7 Å². The zero-order valence-electron chi connectivity index (χ0n) is 10.9. The minimum Gasteiger partial charge on any atom is -0.508 e. The molecule has 1 aliphatic heterocycles. The zero-order valence-corrected chi connectivity index (χ0v) is 10.9. The molecule has 7 heteroatoms. The first-order valence-corrected chi connectivity index (χ1v) is 6.32. The molecule has 3 rings (SSSR count). The van der Waals surface area contributed by atoms with Crippen molar-refractivity contribution in [2.75, 3.05) is 5.32 Å². The normalized spacial score (nSPS) is 24.8. The topological polar surface area (TPSA) is 106 Å². The molecule has 0 bridgehead atoms. The highest BCUT2D eigenvalue weighted by atomic mass is 16.3. The van der Waals surface area contributed by atoms with E-state index in [9.17, 15) is 9.90 Å². The number of amides is 1. The summed E-state index contributed by atoms with van der Waals surface area (Å²) in [5, 5.41) is 16.9. The van der Waals surface area contributed by atoms with Crippen LogP contribution in [-0.4, -0.2) is 31.8 Å². The molecule has 104 valence electrons. The molecule has 0 saturated carbocycles. The third kappa shape index (κ3) is 1.87. The van der Waals surface area contributed by atoms with Gasteiger partial charge in [-0.15, -0.1) is 0 Å². The van der Waals surface area contributed by atoms with Gasteiger partial charge in [0.1, 0.15) is 12.1 Å². The van der Waals surface area contributed by atoms with Gasteiger partial charge in [0.2, 0.25) is 11.9 Å². The Morgan fingerprint density at radius 2 is 2.30 bits per heavy atom. The minimum absolute atomic E-state index is 0.138. The Morgan fingerprint density at radius 3 is 3.00 bits per heavy atom. The summed E-state index contributed by atoms with van der Waals surface area (Å²) >= 11 is 0. The first-order chi connectivity index (χ1) is 9.58. The molecule has 1 aromatic heterocycles. The molecule has 7 nitrogen and oxygen atoms in total. The SMILES string of the molecule is C[C@@H]1Nc2ncnn2[C@@H](c2cccc(O)c2)[C@H]1C(N)=O. The predicted octanol–water partition coefficient (Wildman–Crippen LogP) is 0.489. The van der Waals surface area contributed by atoms with E-state index in [-0.39, 0.29) is 17.8 Å². The maximum atomic E-state index is 11.8. The molecule has 3 atom stereocenters. The molecule has 0 saturated heterocycles. The number of rotatable bonds is 2. The number of primary amides is 1. The van der Waals surface area contributed by atoms with Crippen LogP contribution in [0.1, 0.15) is 18.5 Å². The third-order valence-electron chi connectivity index (χ3n) is 3.61. The first-order valence-electron chi connectivity index (χ1n) is 6.32. The molecule has 0 unspecified atom stereocenters. The predicted molar refractivity (Wildman–Crippen MR) is 72.0 cm³/mol. The van der Waals surface area contributed by atoms with Crippen molar-refractivity contribution in [1.29, 1.82) is 0 Å². The Labute approximate surface area is 115 Å². The van der Waals surface area contributed by atoms with Crippen molar-refractivity contribution >= 4 is 11.9 Å². The Hall–Kier alpha value is -2.57. The van der Waals surface area contributed by atoms with Gasteiger partial charge in [-0.2, -0.15) is 10.1 Å². The van der Waals surface area contributed by atoms with E-state index in [0.717, 1.165) is 5.56 Å². The highest BCUT2D eigenvalue weighted by Crippen LogP contribution is 2.36. The maximum Gasteiger partial charge on any atom is 0.225 e. The van der Waals surface area contributed by atoms with Gasteiger partial charge < -0.3 is 16.2 Å². The summed E-state index contributed by atoms with van der Waals surface area (Å²) in [6.45, 7) is 1.88. The number of hydrogen-bond acceptors (Lipinski definition) is 5. The van der Waals surface area contributed by atoms with Gasteiger partial charge in [-0.3, -0.25) is 4.79 Å². The van der Waals surface area contributed by atoms with Gasteiger partial charge in [0, 0.05) is 6.04 Å². The number of aromatic hydroxyl groups is 1. The van der Waals surface area contributed by atoms with Crippen LogP contribution >= 0.6 is 0 Å². The summed E-state index contributed by atoms with van der Waals surface area (Å²) in [5.41, 5.74) is 6.32. The summed E-state index contributed by atoms with van der Waals surface area (Å²) in [7, 11) is 0. The van der Waals surface area contributed by atoms with Crippen molar-refractivity contribution < 1.29 is 9.90 Å². The van der Waals surface area contributed by atoms with Crippen LogP contribution in [-0.2, 0) is 4.79 Å². The lowest BCUT2D eigenvalue weighted by Gasteiger charge is -2.35. The van der Waals surface area contributed by atoms with Crippen LogP contribution in [0, 0.1) is 5.92 Å². The second-order valence-corrected chi connectivity index (χ2v) is 4.93. The Morgan fingerprint density at radius 1 is 1.50 bits per heavy atom. The standard InChI is InChI=1S/C13H15N5O2/c1-7-10(12(14)20)11(8-3-2-4-9(19)5-8)18-13(17-7)15-6-16-18/h2-7,10-11,19H,1H3,(H2,14,20)(H,15,16,17)/t7-,10-,11-/m0/s1. The zero-order chi connectivity index (χ0) is 14.3. The van der Waals surface area contributed by atoms with Gasteiger partial charge in [-0.05, 0) is 24.6 Å². The van der Waals surface area contributed by atoms with E-state index in [1.54, 1.807) is 22.9 Å². The summed E-state index contributed by atoms with van der Waals surface area (Å²) < 4.78 is 1.63. The molecular formula is C13H15N5O2. The highest BCUT2D eigenvalue weighted by molar-refractivity contribution is 5.79. The van der Waals surface area contributed by atoms with Crippen LogP contribution in [0.2, 0.25) is 0 Å². The Kier molecular flexibility index (Phi) is 2.81. The lowest BCUT2D eigenvalue weighted by Crippen LogP contribution is -2.47. The Bertz CT molecular complexity index is 654. The van der Waals surface area contributed by atoms with Gasteiger partial charge in [0.25, 0.3) is 0 Å². The number of fused-ring (bicyclic) bond motifs is 1. The number of carbonyl (C=O) groups is 1. The number of phenols is 1. The van der Waals surface area contributed by atoms with Crippen LogP contribution in [0.15, 0.2) is 30.6 Å². The number of benzene rings is 1. The summed E-state index contributed by atoms with van der Waals surface area (Å²) in [6.07, 6.45) is 1.42. The summed E-state index contributed by atoms with van der Waals surface area (Å²) in [6, 6.07) is 6.21. The molecule has 2 heterocycles. The molecule has 1 aliphatic rings. The highest BCUT2D eigenvalue weighted by Gasteiger charge is 2.40. The lowest BCUT2D eigenvalue weighted by atomic mass is 9.85. The molecule has 0 spiro atoms. The molecule has 4 N–H and O–H groups in total. The molecular weight excluding hydrogens is 258 g/mol. The molecule has 20 heavy (non-hydrogen) atoms. The van der Waals surface area contributed by atoms with Crippen LogP contribution in [0.5, 0.6) is 5.75 Å². The number of nitrogens with two attached hydrogens (primary N) is 1. The van der Waals surface area contributed by atoms with Crippen LogP contribution in [0.4, 0.5) is 5.95 Å². The molecule has 0 aliphatic carbocycles. The number of nitrogens with zero attached hydrogens (tertiary/aromatic N) is 3. The van der Waals surface area contributed by atoms with Gasteiger partial charge in [-0.1, -0.05) is 12.1 Å². The van der Waals surface area contributed by atoms with Crippen molar-refractivity contribution in [3.63, 3.8) is 0 Å². The molecule has 1 amide bonds. The van der Waals surface area contributed by atoms with Crippen LogP contribution in [0.25, 0.3) is 0 Å². The van der Waals surface area contributed by atoms with E-state index >= 15 is 0 Å². The minimum atomic E-state index is -0.481.